The van der Waals surface area contributed by atoms with Crippen LogP contribution in [0.1, 0.15) is 33.6 Å². The van der Waals surface area contributed by atoms with Gasteiger partial charge in [-0.1, -0.05) is 12.1 Å². The van der Waals surface area contributed by atoms with Crippen LogP contribution in [-0.2, 0) is 6.54 Å². The van der Waals surface area contributed by atoms with Crippen LogP contribution in [0.25, 0.3) is 10.2 Å². The van der Waals surface area contributed by atoms with Gasteiger partial charge in [0.2, 0.25) is 0 Å². The minimum Gasteiger partial charge on any atom is -0.365 e. The Balaban J connectivity index is 1.44. The number of thiophene rings is 1. The lowest BCUT2D eigenvalue weighted by molar-refractivity contribution is 0.0951. The van der Waals surface area contributed by atoms with Gasteiger partial charge < -0.3 is 10.6 Å². The highest BCUT2D eigenvalue weighted by Gasteiger charge is 2.23. The second-order valence-electron chi connectivity index (χ2n) is 6.10. The van der Waals surface area contributed by atoms with Gasteiger partial charge in [0, 0.05) is 23.0 Å². The number of nitrogens with zero attached hydrogens (tertiary/aromatic N) is 2. The Hall–Kier alpha value is -2.47. The van der Waals surface area contributed by atoms with Crippen molar-refractivity contribution in [2.75, 3.05) is 5.32 Å². The molecule has 1 fully saturated rings. The van der Waals surface area contributed by atoms with Crippen molar-refractivity contribution in [3.05, 3.63) is 52.7 Å². The third-order valence-electron chi connectivity index (χ3n) is 4.04. The molecule has 6 heteroatoms. The first kappa shape index (κ1) is 15.1. The van der Waals surface area contributed by atoms with E-state index in [2.05, 4.69) is 33.6 Å². The highest BCUT2D eigenvalue weighted by molar-refractivity contribution is 7.18. The lowest BCUT2D eigenvalue weighted by atomic mass is 10.1. The fourth-order valence-corrected chi connectivity index (χ4v) is 3.42. The zero-order valence-electron chi connectivity index (χ0n) is 13.4. The predicted octanol–water partition coefficient (Wildman–Crippen LogP) is 3.50. The van der Waals surface area contributed by atoms with E-state index < -0.39 is 0 Å². The molecular weight excluding hydrogens is 320 g/mol. The summed E-state index contributed by atoms with van der Waals surface area (Å²) in [5.74, 6) is 0.864. The van der Waals surface area contributed by atoms with Crippen molar-refractivity contribution in [3.63, 3.8) is 0 Å². The number of anilines is 1. The predicted molar refractivity (Wildman–Crippen MR) is 96.4 cm³/mol. The number of hydrogen-bond donors (Lipinski definition) is 2. The average Bonchev–Trinajstić information content (AvgIpc) is 3.31. The van der Waals surface area contributed by atoms with Crippen molar-refractivity contribution < 1.29 is 4.79 Å². The van der Waals surface area contributed by atoms with Crippen LogP contribution in [0.15, 0.2) is 36.7 Å². The Labute approximate surface area is 144 Å². The van der Waals surface area contributed by atoms with Crippen molar-refractivity contribution in [1.82, 2.24) is 15.3 Å². The number of nitrogens with one attached hydrogen (secondary N) is 2. The van der Waals surface area contributed by atoms with Crippen LogP contribution in [0.4, 0.5) is 5.82 Å². The maximum atomic E-state index is 12.0. The molecule has 0 radical (unpaired) electrons. The monoisotopic (exact) mass is 338 g/mol. The van der Waals surface area contributed by atoms with Gasteiger partial charge in [-0.15, -0.1) is 11.3 Å². The summed E-state index contributed by atoms with van der Waals surface area (Å²) in [6, 6.07) is 10.2. The van der Waals surface area contributed by atoms with Crippen LogP contribution in [-0.4, -0.2) is 21.9 Å². The van der Waals surface area contributed by atoms with Gasteiger partial charge in [-0.2, -0.15) is 0 Å². The maximum Gasteiger partial charge on any atom is 0.251 e. The molecule has 0 spiro atoms. The molecule has 0 atom stereocenters. The molecule has 3 aromatic rings. The number of aromatic nitrogens is 2. The molecule has 1 aliphatic rings. The summed E-state index contributed by atoms with van der Waals surface area (Å²) in [6.07, 6.45) is 3.79. The van der Waals surface area contributed by atoms with Crippen molar-refractivity contribution >= 4 is 33.3 Å². The number of amides is 1. The molecule has 1 aliphatic carbocycles. The number of fused-ring (bicyclic) bond motifs is 1. The fraction of sp³-hybridized carbons (Fsp3) is 0.278. The van der Waals surface area contributed by atoms with E-state index in [0.717, 1.165) is 34.4 Å². The first-order valence-electron chi connectivity index (χ1n) is 8.04. The normalized spacial score (nSPS) is 13.9. The molecule has 1 aromatic carbocycles. The van der Waals surface area contributed by atoms with E-state index in [1.54, 1.807) is 17.7 Å². The van der Waals surface area contributed by atoms with Gasteiger partial charge in [0.25, 0.3) is 5.91 Å². The van der Waals surface area contributed by atoms with Gasteiger partial charge in [0.15, 0.2) is 0 Å². The molecule has 2 N–H and O–H groups in total. The second kappa shape index (κ2) is 6.20. The van der Waals surface area contributed by atoms with Crippen molar-refractivity contribution in [2.45, 2.75) is 32.4 Å². The first-order chi connectivity index (χ1) is 11.7. The summed E-state index contributed by atoms with van der Waals surface area (Å²) in [5.41, 5.74) is 1.82. The molecule has 24 heavy (non-hydrogen) atoms. The average molecular weight is 338 g/mol. The summed E-state index contributed by atoms with van der Waals surface area (Å²) in [7, 11) is 0. The number of benzene rings is 1. The summed E-state index contributed by atoms with van der Waals surface area (Å²) in [4.78, 5) is 22.9. The molecule has 0 aliphatic heterocycles. The highest BCUT2D eigenvalue weighted by Crippen LogP contribution is 2.27. The number of carbonyl (C=O) groups excluding carboxylic acids is 1. The Morgan fingerprint density at radius 2 is 2.04 bits per heavy atom. The zero-order valence-corrected chi connectivity index (χ0v) is 14.2. The first-order valence-corrected chi connectivity index (χ1v) is 8.85. The van der Waals surface area contributed by atoms with Crippen LogP contribution in [0, 0.1) is 6.92 Å². The largest absolute Gasteiger partial charge is 0.365 e. The standard InChI is InChI=1S/C18H18N4OS/c1-11-8-15-16(20-10-21-18(15)24-11)19-9-12-2-4-13(5-3-12)17(23)22-14-6-7-14/h2-5,8,10,14H,6-7,9H2,1H3,(H,22,23)(H,19,20,21). The molecule has 1 saturated carbocycles. The highest BCUT2D eigenvalue weighted by atomic mass is 32.1. The summed E-state index contributed by atoms with van der Waals surface area (Å²) in [6.45, 7) is 2.73. The number of aryl methyl sites for hydroxylation is 1. The maximum absolute atomic E-state index is 12.0. The van der Waals surface area contributed by atoms with Crippen molar-refractivity contribution in [1.29, 1.82) is 0 Å². The van der Waals surface area contributed by atoms with Gasteiger partial charge in [-0.3, -0.25) is 4.79 Å². The third kappa shape index (κ3) is 3.23. The van der Waals surface area contributed by atoms with Crippen LogP contribution in [0.5, 0.6) is 0 Å². The van der Waals surface area contributed by atoms with E-state index in [4.69, 9.17) is 0 Å². The number of carbonyl (C=O) groups is 1. The molecule has 1 amide bonds. The van der Waals surface area contributed by atoms with E-state index in [1.165, 1.54) is 4.88 Å². The minimum absolute atomic E-state index is 0.0169. The van der Waals surface area contributed by atoms with Gasteiger partial charge in [0.05, 0.1) is 5.39 Å². The quantitative estimate of drug-likeness (QED) is 0.747. The Morgan fingerprint density at radius 1 is 1.25 bits per heavy atom. The van der Waals surface area contributed by atoms with Gasteiger partial charge >= 0.3 is 0 Å². The van der Waals surface area contributed by atoms with Crippen molar-refractivity contribution in [2.24, 2.45) is 0 Å². The van der Waals surface area contributed by atoms with Gasteiger partial charge in [-0.05, 0) is 43.5 Å². The number of rotatable bonds is 5. The molecule has 2 aromatic heterocycles. The van der Waals surface area contributed by atoms with Crippen molar-refractivity contribution in [3.8, 4) is 0 Å². The molecule has 4 rings (SSSR count). The summed E-state index contributed by atoms with van der Waals surface area (Å²) < 4.78 is 0. The lowest BCUT2D eigenvalue weighted by Crippen LogP contribution is -2.25. The smallest absolute Gasteiger partial charge is 0.251 e. The zero-order chi connectivity index (χ0) is 16.5. The van der Waals surface area contributed by atoms with Gasteiger partial charge in [0.1, 0.15) is 17.0 Å². The minimum atomic E-state index is 0.0169. The van der Waals surface area contributed by atoms with E-state index >= 15 is 0 Å². The van der Waals surface area contributed by atoms with E-state index in [-0.39, 0.29) is 5.91 Å². The Bertz CT molecular complexity index is 884. The van der Waals surface area contributed by atoms with Crippen LogP contribution >= 0.6 is 11.3 Å². The van der Waals surface area contributed by atoms with E-state index in [0.29, 0.717) is 18.2 Å². The molecule has 0 bridgehead atoms. The topological polar surface area (TPSA) is 66.9 Å². The summed E-state index contributed by atoms with van der Waals surface area (Å²) in [5, 5.41) is 7.42. The SMILES string of the molecule is Cc1cc2c(NCc3ccc(C(=O)NC4CC4)cc3)ncnc2s1. The molecule has 2 heterocycles. The van der Waals surface area contributed by atoms with E-state index in [9.17, 15) is 4.79 Å². The van der Waals surface area contributed by atoms with Crippen LogP contribution in [0.3, 0.4) is 0 Å². The van der Waals surface area contributed by atoms with E-state index in [1.807, 2.05) is 24.3 Å². The van der Waals surface area contributed by atoms with Crippen LogP contribution in [0.2, 0.25) is 0 Å². The van der Waals surface area contributed by atoms with Gasteiger partial charge in [-0.25, -0.2) is 9.97 Å². The van der Waals surface area contributed by atoms with Crippen LogP contribution < -0.4 is 10.6 Å². The molecule has 0 saturated heterocycles. The lowest BCUT2D eigenvalue weighted by Gasteiger charge is -2.08. The molecule has 0 unspecified atom stereocenters. The second-order valence-corrected chi connectivity index (χ2v) is 7.33. The fourth-order valence-electron chi connectivity index (χ4n) is 2.57. The summed E-state index contributed by atoms with van der Waals surface area (Å²) >= 11 is 1.67. The third-order valence-corrected chi connectivity index (χ3v) is 5.00. The number of hydrogen-bond acceptors (Lipinski definition) is 5. The molecular formula is C18H18N4OS. The molecule has 122 valence electrons. The Kier molecular flexibility index (Phi) is 3.90. The Morgan fingerprint density at radius 3 is 2.79 bits per heavy atom. The molecule has 5 nitrogen and oxygen atoms in total.